The number of hydrogen-bond acceptors (Lipinski definition) is 7. The molecule has 0 saturated heterocycles. The summed E-state index contributed by atoms with van der Waals surface area (Å²) in [6.07, 6.45) is 2.53. The van der Waals surface area contributed by atoms with Gasteiger partial charge < -0.3 is 9.26 Å². The minimum atomic E-state index is -0.653. The third-order valence-corrected chi connectivity index (χ3v) is 3.90. The zero-order valence-electron chi connectivity index (χ0n) is 15.8. The molecular formula is C18H23N5O3. The Morgan fingerprint density at radius 3 is 2.58 bits per heavy atom. The standard InChI is InChI=1S/C18H23N5O3/c1-10(2)23-14-12(9-20-23)7-13(8-19-14)16(24)25-11(3)15-21-17(22-26-15)18(4,5)6/h7-11H,1-6H3. The Morgan fingerprint density at radius 2 is 1.96 bits per heavy atom. The molecule has 1 unspecified atom stereocenters. The second-order valence-electron chi connectivity index (χ2n) is 7.57. The zero-order chi connectivity index (χ0) is 19.1. The molecule has 8 heteroatoms. The van der Waals surface area contributed by atoms with E-state index in [-0.39, 0.29) is 17.3 Å². The number of rotatable bonds is 4. The van der Waals surface area contributed by atoms with Crippen LogP contribution in [0.3, 0.4) is 0 Å². The van der Waals surface area contributed by atoms with E-state index in [0.717, 1.165) is 11.0 Å². The molecule has 0 saturated carbocycles. The van der Waals surface area contributed by atoms with Crippen molar-refractivity contribution in [1.82, 2.24) is 24.9 Å². The van der Waals surface area contributed by atoms with Crippen molar-refractivity contribution in [3.63, 3.8) is 0 Å². The lowest BCUT2D eigenvalue weighted by atomic mass is 9.96. The van der Waals surface area contributed by atoms with E-state index in [0.29, 0.717) is 11.4 Å². The normalized spacial score (nSPS) is 13.3. The minimum Gasteiger partial charge on any atom is -0.449 e. The van der Waals surface area contributed by atoms with Gasteiger partial charge in [-0.2, -0.15) is 10.1 Å². The molecule has 0 N–H and O–H groups in total. The minimum absolute atomic E-state index is 0.187. The second kappa shape index (κ2) is 6.51. The van der Waals surface area contributed by atoms with Crippen LogP contribution in [0.15, 0.2) is 23.0 Å². The maximum Gasteiger partial charge on any atom is 0.340 e. The van der Waals surface area contributed by atoms with Gasteiger partial charge in [-0.15, -0.1) is 0 Å². The fraction of sp³-hybridized carbons (Fsp3) is 0.500. The molecule has 3 rings (SSSR count). The smallest absolute Gasteiger partial charge is 0.340 e. The zero-order valence-corrected chi connectivity index (χ0v) is 15.8. The highest BCUT2D eigenvalue weighted by atomic mass is 16.6. The van der Waals surface area contributed by atoms with Crippen LogP contribution in [0, 0.1) is 0 Å². The van der Waals surface area contributed by atoms with Gasteiger partial charge in [0.05, 0.1) is 11.8 Å². The molecule has 0 spiro atoms. The summed E-state index contributed by atoms with van der Waals surface area (Å²) >= 11 is 0. The summed E-state index contributed by atoms with van der Waals surface area (Å²) in [7, 11) is 0. The SMILES string of the molecule is CC(OC(=O)c1cnc2c(cnn2C(C)C)c1)c1nc(C(C)(C)C)no1. The Labute approximate surface area is 151 Å². The van der Waals surface area contributed by atoms with Crippen LogP contribution in [-0.2, 0) is 10.2 Å². The van der Waals surface area contributed by atoms with Crippen LogP contribution < -0.4 is 0 Å². The second-order valence-corrected chi connectivity index (χ2v) is 7.57. The first kappa shape index (κ1) is 18.0. The highest BCUT2D eigenvalue weighted by Crippen LogP contribution is 2.23. The third kappa shape index (κ3) is 3.44. The summed E-state index contributed by atoms with van der Waals surface area (Å²) < 4.78 is 12.5. The van der Waals surface area contributed by atoms with Crippen LogP contribution in [0.4, 0.5) is 0 Å². The Balaban J connectivity index is 1.77. The number of aromatic nitrogens is 5. The van der Waals surface area contributed by atoms with Crippen molar-refractivity contribution in [2.24, 2.45) is 0 Å². The molecule has 3 aromatic rings. The van der Waals surface area contributed by atoms with E-state index in [1.54, 1.807) is 23.9 Å². The number of hydrogen-bond donors (Lipinski definition) is 0. The average molecular weight is 357 g/mol. The van der Waals surface area contributed by atoms with E-state index in [2.05, 4.69) is 20.2 Å². The van der Waals surface area contributed by atoms with Crippen LogP contribution in [-0.4, -0.2) is 30.9 Å². The number of fused-ring (bicyclic) bond motifs is 1. The van der Waals surface area contributed by atoms with Gasteiger partial charge in [-0.3, -0.25) is 0 Å². The van der Waals surface area contributed by atoms with E-state index in [9.17, 15) is 4.79 Å². The lowest BCUT2D eigenvalue weighted by Crippen LogP contribution is -2.14. The first-order valence-electron chi connectivity index (χ1n) is 8.55. The molecule has 3 heterocycles. The number of carbonyl (C=O) groups is 1. The number of ether oxygens (including phenoxy) is 1. The molecule has 0 bridgehead atoms. The molecule has 0 aliphatic carbocycles. The van der Waals surface area contributed by atoms with E-state index in [1.807, 2.05) is 34.6 Å². The van der Waals surface area contributed by atoms with Crippen LogP contribution in [0.5, 0.6) is 0 Å². The van der Waals surface area contributed by atoms with Gasteiger partial charge in [0.1, 0.15) is 0 Å². The Bertz CT molecular complexity index is 936. The number of nitrogens with zero attached hydrogens (tertiary/aromatic N) is 5. The van der Waals surface area contributed by atoms with Crippen molar-refractivity contribution in [3.8, 4) is 0 Å². The molecule has 3 aromatic heterocycles. The average Bonchev–Trinajstić information content (AvgIpc) is 3.20. The Morgan fingerprint density at radius 1 is 1.23 bits per heavy atom. The molecule has 0 fully saturated rings. The van der Waals surface area contributed by atoms with Gasteiger partial charge in [0, 0.05) is 23.0 Å². The van der Waals surface area contributed by atoms with E-state index in [1.165, 1.54) is 6.20 Å². The highest BCUT2D eigenvalue weighted by molar-refractivity contribution is 5.93. The summed E-state index contributed by atoms with van der Waals surface area (Å²) in [5.41, 5.74) is 0.844. The molecule has 0 aliphatic heterocycles. The molecule has 1 atom stereocenters. The number of carbonyl (C=O) groups excluding carboxylic acids is 1. The Hall–Kier alpha value is -2.77. The van der Waals surface area contributed by atoms with Crippen LogP contribution in [0.2, 0.25) is 0 Å². The molecule has 0 amide bonds. The fourth-order valence-electron chi connectivity index (χ4n) is 2.41. The number of esters is 1. The van der Waals surface area contributed by atoms with Gasteiger partial charge in [0.2, 0.25) is 0 Å². The lowest BCUT2D eigenvalue weighted by molar-refractivity contribution is 0.0265. The van der Waals surface area contributed by atoms with Crippen molar-refractivity contribution >= 4 is 17.0 Å². The maximum absolute atomic E-state index is 12.4. The van der Waals surface area contributed by atoms with Gasteiger partial charge in [0.15, 0.2) is 17.6 Å². The van der Waals surface area contributed by atoms with Crippen molar-refractivity contribution in [3.05, 3.63) is 35.7 Å². The van der Waals surface area contributed by atoms with Crippen molar-refractivity contribution in [2.45, 2.75) is 59.1 Å². The predicted octanol–water partition coefficient (Wildman–Crippen LogP) is 3.61. The molecule has 26 heavy (non-hydrogen) atoms. The van der Waals surface area contributed by atoms with Gasteiger partial charge in [-0.25, -0.2) is 14.5 Å². The summed E-state index contributed by atoms with van der Waals surface area (Å²) in [6, 6.07) is 1.91. The van der Waals surface area contributed by atoms with Crippen molar-refractivity contribution in [2.75, 3.05) is 0 Å². The molecule has 8 nitrogen and oxygen atoms in total. The van der Waals surface area contributed by atoms with Crippen LogP contribution in [0.1, 0.15) is 75.8 Å². The molecule has 0 radical (unpaired) electrons. The molecule has 0 aromatic carbocycles. The molecular weight excluding hydrogens is 334 g/mol. The summed E-state index contributed by atoms with van der Waals surface area (Å²) in [4.78, 5) is 21.1. The van der Waals surface area contributed by atoms with Crippen molar-refractivity contribution in [1.29, 1.82) is 0 Å². The third-order valence-electron chi connectivity index (χ3n) is 3.90. The maximum atomic E-state index is 12.4. The van der Waals surface area contributed by atoms with Crippen molar-refractivity contribution < 1.29 is 14.1 Å². The first-order valence-corrected chi connectivity index (χ1v) is 8.55. The van der Waals surface area contributed by atoms with Crippen LogP contribution >= 0.6 is 0 Å². The monoisotopic (exact) mass is 357 g/mol. The number of pyridine rings is 1. The van der Waals surface area contributed by atoms with E-state index >= 15 is 0 Å². The summed E-state index contributed by atoms with van der Waals surface area (Å²) in [5.74, 6) is 0.337. The molecule has 0 aliphatic rings. The van der Waals surface area contributed by atoms with E-state index in [4.69, 9.17) is 9.26 Å². The molecule has 138 valence electrons. The van der Waals surface area contributed by atoms with Gasteiger partial charge in [-0.05, 0) is 26.8 Å². The van der Waals surface area contributed by atoms with E-state index < -0.39 is 12.1 Å². The largest absolute Gasteiger partial charge is 0.449 e. The van der Waals surface area contributed by atoms with Gasteiger partial charge in [-0.1, -0.05) is 25.9 Å². The predicted molar refractivity (Wildman–Crippen MR) is 94.7 cm³/mol. The summed E-state index contributed by atoms with van der Waals surface area (Å²) in [6.45, 7) is 11.7. The van der Waals surface area contributed by atoms with Crippen LogP contribution in [0.25, 0.3) is 11.0 Å². The summed E-state index contributed by atoms with van der Waals surface area (Å²) in [5, 5.41) is 9.03. The Kier molecular flexibility index (Phi) is 4.52. The van der Waals surface area contributed by atoms with Gasteiger partial charge >= 0.3 is 5.97 Å². The van der Waals surface area contributed by atoms with Gasteiger partial charge in [0.25, 0.3) is 5.89 Å². The topological polar surface area (TPSA) is 95.9 Å². The highest BCUT2D eigenvalue weighted by Gasteiger charge is 2.25. The first-order chi connectivity index (χ1) is 12.2. The lowest BCUT2D eigenvalue weighted by Gasteiger charge is -2.12. The fourth-order valence-corrected chi connectivity index (χ4v) is 2.41. The quantitative estimate of drug-likeness (QED) is 0.658.